The van der Waals surface area contributed by atoms with Gasteiger partial charge in [-0.25, -0.2) is 0 Å². The molecule has 4 nitrogen and oxygen atoms in total. The van der Waals surface area contributed by atoms with E-state index in [2.05, 4.69) is 0 Å². The highest BCUT2D eigenvalue weighted by molar-refractivity contribution is 5.81. The summed E-state index contributed by atoms with van der Waals surface area (Å²) >= 11 is 0. The van der Waals surface area contributed by atoms with E-state index in [1.54, 1.807) is 11.9 Å². The van der Waals surface area contributed by atoms with Crippen LogP contribution < -0.4 is 5.01 Å². The molecule has 1 atom stereocenters. The molecule has 1 aromatic carbocycles. The number of carbonyl (C=O) groups excluding carboxylic acids is 1. The van der Waals surface area contributed by atoms with E-state index in [1.165, 1.54) is 5.56 Å². The molecule has 1 aromatic rings. The topological polar surface area (TPSA) is 43.8 Å². The number of nitrogens with zero attached hydrogens (tertiary/aromatic N) is 2. The number of hydrogen-bond donors (Lipinski definition) is 1. The number of hydrogen-bond acceptors (Lipinski definition) is 3. The van der Waals surface area contributed by atoms with Gasteiger partial charge in [-0.1, -0.05) is 12.1 Å². The second-order valence-corrected chi connectivity index (χ2v) is 4.54. The Morgan fingerprint density at radius 1 is 1.47 bits per heavy atom. The molecule has 17 heavy (non-hydrogen) atoms. The molecule has 0 radical (unpaired) electrons. The molecule has 0 spiro atoms. The summed E-state index contributed by atoms with van der Waals surface area (Å²) in [7, 11) is 0. The molecular weight excluding hydrogens is 216 g/mol. The zero-order valence-electron chi connectivity index (χ0n) is 10.3. The molecular formula is C13H18N2O2. The molecule has 4 heteroatoms. The maximum atomic E-state index is 11.8. The van der Waals surface area contributed by atoms with Crippen LogP contribution in [0, 0.1) is 6.92 Å². The maximum Gasteiger partial charge on any atom is 0.243 e. The zero-order chi connectivity index (χ0) is 12.4. The number of aryl methyl sites for hydroxylation is 1. The van der Waals surface area contributed by atoms with Gasteiger partial charge in [0.1, 0.15) is 0 Å². The van der Waals surface area contributed by atoms with E-state index in [0.29, 0.717) is 19.5 Å². The van der Waals surface area contributed by atoms with E-state index in [-0.39, 0.29) is 5.91 Å². The van der Waals surface area contributed by atoms with Crippen molar-refractivity contribution in [1.82, 2.24) is 5.01 Å². The Bertz CT molecular complexity index is 418. The van der Waals surface area contributed by atoms with Crippen LogP contribution in [0.15, 0.2) is 24.3 Å². The van der Waals surface area contributed by atoms with Crippen molar-refractivity contribution < 1.29 is 9.90 Å². The fraction of sp³-hybridized carbons (Fsp3) is 0.462. The molecule has 1 fully saturated rings. The lowest BCUT2D eigenvalue weighted by Crippen LogP contribution is -2.43. The predicted octanol–water partition coefficient (Wildman–Crippen LogP) is 1.33. The fourth-order valence-corrected chi connectivity index (χ4v) is 2.09. The van der Waals surface area contributed by atoms with Gasteiger partial charge in [-0.05, 0) is 31.5 Å². The molecule has 1 amide bonds. The number of hydrazine groups is 1. The summed E-state index contributed by atoms with van der Waals surface area (Å²) in [4.78, 5) is 11.8. The third-order valence-electron chi connectivity index (χ3n) is 2.85. The first-order valence-corrected chi connectivity index (χ1v) is 5.90. The molecule has 1 heterocycles. The van der Waals surface area contributed by atoms with Gasteiger partial charge in [0, 0.05) is 13.0 Å². The van der Waals surface area contributed by atoms with E-state index in [1.807, 2.05) is 36.2 Å². The van der Waals surface area contributed by atoms with Crippen molar-refractivity contribution >= 4 is 11.6 Å². The van der Waals surface area contributed by atoms with Crippen LogP contribution >= 0.6 is 0 Å². The second-order valence-electron chi connectivity index (χ2n) is 4.54. The fourth-order valence-electron chi connectivity index (χ4n) is 2.09. The van der Waals surface area contributed by atoms with E-state index < -0.39 is 6.10 Å². The minimum absolute atomic E-state index is 0.0763. The van der Waals surface area contributed by atoms with Gasteiger partial charge in [-0.15, -0.1) is 0 Å². The van der Waals surface area contributed by atoms with Crippen molar-refractivity contribution in [2.24, 2.45) is 0 Å². The first-order chi connectivity index (χ1) is 8.08. The molecule has 1 saturated heterocycles. The lowest BCUT2D eigenvalue weighted by molar-refractivity contribution is -0.129. The van der Waals surface area contributed by atoms with Gasteiger partial charge < -0.3 is 5.11 Å². The Hall–Kier alpha value is -1.55. The van der Waals surface area contributed by atoms with Crippen LogP contribution in [0.3, 0.4) is 0 Å². The number of carbonyl (C=O) groups is 1. The van der Waals surface area contributed by atoms with Crippen molar-refractivity contribution in [3.8, 4) is 0 Å². The predicted molar refractivity (Wildman–Crippen MR) is 66.5 cm³/mol. The lowest BCUT2D eigenvalue weighted by atomic mass is 10.2. The van der Waals surface area contributed by atoms with Gasteiger partial charge in [-0.2, -0.15) is 0 Å². The van der Waals surface area contributed by atoms with Gasteiger partial charge in [0.05, 0.1) is 18.3 Å². The van der Waals surface area contributed by atoms with Crippen LogP contribution in [0.1, 0.15) is 18.9 Å². The third-order valence-corrected chi connectivity index (χ3v) is 2.85. The summed E-state index contributed by atoms with van der Waals surface area (Å²) in [6, 6.07) is 8.04. The SMILES string of the molecule is Cc1cccc(N2CCC(=O)N2CC(C)O)c1. The highest BCUT2D eigenvalue weighted by Gasteiger charge is 2.29. The summed E-state index contributed by atoms with van der Waals surface area (Å²) in [5, 5.41) is 13.0. The van der Waals surface area contributed by atoms with Crippen LogP contribution in [0.5, 0.6) is 0 Å². The second kappa shape index (κ2) is 4.75. The lowest BCUT2D eigenvalue weighted by Gasteiger charge is -2.30. The number of β-amino-alcohol motifs (C(OH)–C–C–N with tert-alkyl or cyclic N) is 1. The van der Waals surface area contributed by atoms with Crippen molar-refractivity contribution in [3.05, 3.63) is 29.8 Å². The molecule has 1 aliphatic heterocycles. The quantitative estimate of drug-likeness (QED) is 0.858. The van der Waals surface area contributed by atoms with E-state index >= 15 is 0 Å². The zero-order valence-corrected chi connectivity index (χ0v) is 10.3. The van der Waals surface area contributed by atoms with E-state index in [4.69, 9.17) is 0 Å². The number of aliphatic hydroxyl groups excluding tert-OH is 1. The Labute approximate surface area is 101 Å². The average Bonchev–Trinajstić information content (AvgIpc) is 2.60. The average molecular weight is 234 g/mol. The van der Waals surface area contributed by atoms with Gasteiger partial charge in [-0.3, -0.25) is 14.8 Å². The van der Waals surface area contributed by atoms with Crippen LogP contribution in [-0.2, 0) is 4.79 Å². The summed E-state index contributed by atoms with van der Waals surface area (Å²) < 4.78 is 0. The summed E-state index contributed by atoms with van der Waals surface area (Å²) in [6.07, 6.45) is 0.00469. The minimum Gasteiger partial charge on any atom is -0.391 e. The number of benzene rings is 1. The van der Waals surface area contributed by atoms with E-state index in [9.17, 15) is 9.90 Å². The normalized spacial score (nSPS) is 17.7. The van der Waals surface area contributed by atoms with Gasteiger partial charge in [0.2, 0.25) is 5.91 Å². The molecule has 0 bridgehead atoms. The highest BCUT2D eigenvalue weighted by atomic mass is 16.3. The molecule has 92 valence electrons. The number of anilines is 1. The maximum absolute atomic E-state index is 11.8. The molecule has 0 aromatic heterocycles. The highest BCUT2D eigenvalue weighted by Crippen LogP contribution is 2.23. The largest absolute Gasteiger partial charge is 0.391 e. The third kappa shape index (κ3) is 2.58. The van der Waals surface area contributed by atoms with E-state index in [0.717, 1.165) is 5.69 Å². The number of rotatable bonds is 3. The molecule has 2 rings (SSSR count). The van der Waals surface area contributed by atoms with Gasteiger partial charge in [0.15, 0.2) is 0 Å². The van der Waals surface area contributed by atoms with Crippen molar-refractivity contribution in [2.75, 3.05) is 18.1 Å². The monoisotopic (exact) mass is 234 g/mol. The summed E-state index contributed by atoms with van der Waals surface area (Å²) in [6.45, 7) is 4.77. The van der Waals surface area contributed by atoms with Crippen LogP contribution in [-0.4, -0.2) is 35.2 Å². The Morgan fingerprint density at radius 3 is 2.88 bits per heavy atom. The minimum atomic E-state index is -0.510. The first-order valence-electron chi connectivity index (χ1n) is 5.90. The Morgan fingerprint density at radius 2 is 2.24 bits per heavy atom. The molecule has 1 unspecified atom stereocenters. The first kappa shape index (κ1) is 11.9. The molecule has 0 saturated carbocycles. The van der Waals surface area contributed by atoms with Crippen molar-refractivity contribution in [2.45, 2.75) is 26.4 Å². The molecule has 1 aliphatic rings. The van der Waals surface area contributed by atoms with Crippen LogP contribution in [0.25, 0.3) is 0 Å². The summed E-state index contributed by atoms with van der Waals surface area (Å²) in [5.41, 5.74) is 2.18. The number of amides is 1. The van der Waals surface area contributed by atoms with Crippen molar-refractivity contribution in [3.63, 3.8) is 0 Å². The van der Waals surface area contributed by atoms with Crippen LogP contribution in [0.4, 0.5) is 5.69 Å². The Balaban J connectivity index is 2.22. The standard InChI is InChI=1S/C13H18N2O2/c1-10-4-3-5-12(8-10)14-7-6-13(17)15(14)9-11(2)16/h3-5,8,11,16H,6-7,9H2,1-2H3. The molecule has 0 aliphatic carbocycles. The number of aliphatic hydroxyl groups is 1. The summed E-state index contributed by atoms with van der Waals surface area (Å²) in [5.74, 6) is 0.0763. The van der Waals surface area contributed by atoms with Gasteiger partial charge >= 0.3 is 0 Å². The van der Waals surface area contributed by atoms with Crippen LogP contribution in [0.2, 0.25) is 0 Å². The Kier molecular flexibility index (Phi) is 3.33. The van der Waals surface area contributed by atoms with Crippen molar-refractivity contribution in [1.29, 1.82) is 0 Å². The smallest absolute Gasteiger partial charge is 0.243 e. The van der Waals surface area contributed by atoms with Gasteiger partial charge in [0.25, 0.3) is 0 Å². The molecule has 1 N–H and O–H groups in total.